The van der Waals surface area contributed by atoms with Crippen molar-refractivity contribution in [3.05, 3.63) is 84.2 Å². The minimum atomic E-state index is -0.0602. The smallest absolute Gasteiger partial charge is 0.259 e. The lowest BCUT2D eigenvalue weighted by Gasteiger charge is -2.21. The average molecular weight is 359 g/mol. The lowest BCUT2D eigenvalue weighted by molar-refractivity contribution is 0.0988. The summed E-state index contributed by atoms with van der Waals surface area (Å²) in [4.78, 5) is 19.0. The molecule has 4 nitrogen and oxygen atoms in total. The van der Waals surface area contributed by atoms with Crippen LogP contribution in [-0.2, 0) is 0 Å². The number of benzene rings is 2. The third kappa shape index (κ3) is 4.53. The van der Waals surface area contributed by atoms with Gasteiger partial charge in [-0.05, 0) is 48.7 Å². The minimum absolute atomic E-state index is 0.0602. The third-order valence-corrected chi connectivity index (χ3v) is 4.48. The molecular weight excluding hydrogens is 334 g/mol. The van der Waals surface area contributed by atoms with Gasteiger partial charge in [0.2, 0.25) is 0 Å². The fraction of sp³-hybridized carbons (Fsp3) is 0.217. The number of pyridine rings is 1. The Labute approximate surface area is 160 Å². The zero-order valence-corrected chi connectivity index (χ0v) is 16.0. The highest BCUT2D eigenvalue weighted by Gasteiger charge is 2.16. The molecule has 0 atom stereocenters. The summed E-state index contributed by atoms with van der Waals surface area (Å²) < 4.78 is 0. The molecule has 0 fully saturated rings. The van der Waals surface area contributed by atoms with Crippen molar-refractivity contribution in [3.63, 3.8) is 0 Å². The number of hydrogen-bond acceptors (Lipinski definition) is 3. The van der Waals surface area contributed by atoms with Crippen LogP contribution in [0.25, 0.3) is 0 Å². The predicted octanol–water partition coefficient (Wildman–Crippen LogP) is 5.62. The molecule has 0 radical (unpaired) electrons. The normalized spacial score (nSPS) is 10.7. The second-order valence-electron chi connectivity index (χ2n) is 6.75. The van der Waals surface area contributed by atoms with Crippen LogP contribution in [0.5, 0.6) is 0 Å². The maximum absolute atomic E-state index is 13.0. The molecule has 27 heavy (non-hydrogen) atoms. The lowest BCUT2D eigenvalue weighted by atomic mass is 10.0. The molecule has 4 heteroatoms. The lowest BCUT2D eigenvalue weighted by Crippen LogP contribution is -2.30. The predicted molar refractivity (Wildman–Crippen MR) is 112 cm³/mol. The Hall–Kier alpha value is -3.14. The van der Waals surface area contributed by atoms with E-state index in [0.717, 1.165) is 17.1 Å². The van der Waals surface area contributed by atoms with E-state index in [2.05, 4.69) is 36.3 Å². The van der Waals surface area contributed by atoms with E-state index in [4.69, 9.17) is 0 Å². The average Bonchev–Trinajstić information content (AvgIpc) is 2.70. The van der Waals surface area contributed by atoms with Crippen LogP contribution in [0.1, 0.15) is 42.6 Å². The van der Waals surface area contributed by atoms with Crippen LogP contribution in [0.2, 0.25) is 0 Å². The van der Waals surface area contributed by atoms with Crippen LogP contribution in [-0.4, -0.2) is 17.4 Å². The van der Waals surface area contributed by atoms with Crippen molar-refractivity contribution in [3.8, 4) is 0 Å². The first-order chi connectivity index (χ1) is 13.1. The van der Waals surface area contributed by atoms with Gasteiger partial charge in [-0.15, -0.1) is 0 Å². The van der Waals surface area contributed by atoms with Crippen molar-refractivity contribution in [1.82, 2.24) is 4.98 Å². The van der Waals surface area contributed by atoms with Crippen molar-refractivity contribution in [2.45, 2.75) is 26.7 Å². The number of carbonyl (C=O) groups excluding carboxylic acids is 1. The summed E-state index contributed by atoms with van der Waals surface area (Å²) in [5.41, 5.74) is 4.50. The molecule has 1 amide bonds. The number of anilines is 3. The molecule has 0 spiro atoms. The number of hydrogen-bond donors (Lipinski definition) is 1. The standard InChI is InChI=1S/C23H25N3O/c1-4-26(22-8-6-5-7-9-22)23(27)19-14-21(16-24-15-19)25-20-12-10-18(11-13-20)17(2)3/h5-17,25H,4H2,1-3H3. The van der Waals surface area contributed by atoms with Crippen LogP contribution in [0.4, 0.5) is 17.1 Å². The molecule has 0 saturated heterocycles. The summed E-state index contributed by atoms with van der Waals surface area (Å²) in [6, 6.07) is 19.9. The SMILES string of the molecule is CCN(C(=O)c1cncc(Nc2ccc(C(C)C)cc2)c1)c1ccccc1. The molecule has 0 unspecified atom stereocenters. The van der Waals surface area contributed by atoms with Crippen molar-refractivity contribution < 1.29 is 4.79 Å². The molecule has 2 aromatic carbocycles. The first kappa shape index (κ1) is 18.6. The Morgan fingerprint density at radius 2 is 1.70 bits per heavy atom. The van der Waals surface area contributed by atoms with E-state index in [0.29, 0.717) is 18.0 Å². The Morgan fingerprint density at radius 3 is 2.33 bits per heavy atom. The topological polar surface area (TPSA) is 45.2 Å². The maximum Gasteiger partial charge on any atom is 0.259 e. The summed E-state index contributed by atoms with van der Waals surface area (Å²) >= 11 is 0. The molecule has 0 aliphatic rings. The molecule has 0 aliphatic heterocycles. The van der Waals surface area contributed by atoms with Gasteiger partial charge >= 0.3 is 0 Å². The first-order valence-corrected chi connectivity index (χ1v) is 9.27. The number of para-hydroxylation sites is 1. The Morgan fingerprint density at radius 1 is 1.00 bits per heavy atom. The second kappa shape index (κ2) is 8.49. The molecule has 138 valence electrons. The maximum atomic E-state index is 13.0. The van der Waals surface area contributed by atoms with Gasteiger partial charge in [0, 0.05) is 24.1 Å². The Balaban J connectivity index is 1.79. The zero-order valence-electron chi connectivity index (χ0n) is 16.0. The fourth-order valence-corrected chi connectivity index (χ4v) is 2.95. The van der Waals surface area contributed by atoms with E-state index in [1.807, 2.05) is 55.5 Å². The monoisotopic (exact) mass is 359 g/mol. The van der Waals surface area contributed by atoms with Crippen LogP contribution in [0.3, 0.4) is 0 Å². The Bertz CT molecular complexity index is 889. The third-order valence-electron chi connectivity index (χ3n) is 4.48. The van der Waals surface area contributed by atoms with Crippen LogP contribution in [0, 0.1) is 0 Å². The van der Waals surface area contributed by atoms with Crippen LogP contribution < -0.4 is 10.2 Å². The van der Waals surface area contributed by atoms with Crippen LogP contribution in [0.15, 0.2) is 73.1 Å². The summed E-state index contributed by atoms with van der Waals surface area (Å²) in [7, 11) is 0. The van der Waals surface area contributed by atoms with Gasteiger partial charge in [0.25, 0.3) is 5.91 Å². The number of rotatable bonds is 6. The number of nitrogens with zero attached hydrogens (tertiary/aromatic N) is 2. The first-order valence-electron chi connectivity index (χ1n) is 9.27. The van der Waals surface area contributed by atoms with Crippen molar-refractivity contribution in [1.29, 1.82) is 0 Å². The number of carbonyl (C=O) groups is 1. The van der Waals surface area contributed by atoms with Gasteiger partial charge in [0.05, 0.1) is 17.4 Å². The number of amides is 1. The van der Waals surface area contributed by atoms with E-state index in [1.165, 1.54) is 5.56 Å². The fourth-order valence-electron chi connectivity index (χ4n) is 2.95. The highest BCUT2D eigenvalue weighted by Crippen LogP contribution is 2.22. The van der Waals surface area contributed by atoms with Gasteiger partial charge in [-0.2, -0.15) is 0 Å². The molecule has 3 rings (SSSR count). The van der Waals surface area contributed by atoms with Crippen molar-refractivity contribution >= 4 is 23.0 Å². The molecule has 1 aromatic heterocycles. The minimum Gasteiger partial charge on any atom is -0.354 e. The zero-order chi connectivity index (χ0) is 19.2. The molecular formula is C23H25N3O. The quantitative estimate of drug-likeness (QED) is 0.622. The molecule has 0 bridgehead atoms. The number of nitrogens with one attached hydrogen (secondary N) is 1. The van der Waals surface area contributed by atoms with Crippen molar-refractivity contribution in [2.24, 2.45) is 0 Å². The summed E-state index contributed by atoms with van der Waals surface area (Å²) in [5, 5.41) is 3.33. The van der Waals surface area contributed by atoms with Gasteiger partial charge in [0.1, 0.15) is 0 Å². The molecule has 0 saturated carbocycles. The van der Waals surface area contributed by atoms with E-state index in [1.54, 1.807) is 17.3 Å². The summed E-state index contributed by atoms with van der Waals surface area (Å²) in [6.07, 6.45) is 3.34. The highest BCUT2D eigenvalue weighted by molar-refractivity contribution is 6.06. The molecule has 1 N–H and O–H groups in total. The second-order valence-corrected chi connectivity index (χ2v) is 6.75. The van der Waals surface area contributed by atoms with E-state index in [9.17, 15) is 4.79 Å². The van der Waals surface area contributed by atoms with Gasteiger partial charge in [-0.1, -0.05) is 44.2 Å². The summed E-state index contributed by atoms with van der Waals surface area (Å²) in [5.74, 6) is 0.440. The molecule has 0 aliphatic carbocycles. The van der Waals surface area contributed by atoms with Gasteiger partial charge < -0.3 is 10.2 Å². The summed E-state index contributed by atoms with van der Waals surface area (Å²) in [6.45, 7) is 6.91. The van der Waals surface area contributed by atoms with E-state index in [-0.39, 0.29) is 5.91 Å². The van der Waals surface area contributed by atoms with Crippen LogP contribution >= 0.6 is 0 Å². The number of aromatic nitrogens is 1. The Kier molecular flexibility index (Phi) is 5.87. The van der Waals surface area contributed by atoms with Crippen molar-refractivity contribution in [2.75, 3.05) is 16.8 Å². The highest BCUT2D eigenvalue weighted by atomic mass is 16.2. The van der Waals surface area contributed by atoms with Gasteiger partial charge in [-0.25, -0.2) is 0 Å². The van der Waals surface area contributed by atoms with Gasteiger partial charge in [-0.3, -0.25) is 9.78 Å². The molecule has 1 heterocycles. The molecule has 3 aromatic rings. The van der Waals surface area contributed by atoms with Gasteiger partial charge in [0.15, 0.2) is 0 Å². The van der Waals surface area contributed by atoms with E-state index >= 15 is 0 Å². The largest absolute Gasteiger partial charge is 0.354 e. The van der Waals surface area contributed by atoms with E-state index < -0.39 is 0 Å².